The molecule has 0 saturated heterocycles. The van der Waals surface area contributed by atoms with Crippen LogP contribution in [0.2, 0.25) is 0 Å². The normalized spacial score (nSPS) is 10.9. The van der Waals surface area contributed by atoms with Gasteiger partial charge in [0.15, 0.2) is 0 Å². The summed E-state index contributed by atoms with van der Waals surface area (Å²) in [7, 11) is 0. The Morgan fingerprint density at radius 3 is 2.96 bits per heavy atom. The summed E-state index contributed by atoms with van der Waals surface area (Å²) in [6.45, 7) is 0.628. The van der Waals surface area contributed by atoms with Crippen LogP contribution in [0, 0.1) is 0 Å². The molecule has 6 nitrogen and oxygen atoms in total. The van der Waals surface area contributed by atoms with Gasteiger partial charge < -0.3 is 16.0 Å². The van der Waals surface area contributed by atoms with Gasteiger partial charge in [-0.3, -0.25) is 9.78 Å². The number of H-pyrrole nitrogens is 1. The van der Waals surface area contributed by atoms with Crippen molar-refractivity contribution in [2.75, 3.05) is 5.32 Å². The lowest BCUT2D eigenvalue weighted by atomic mass is 10.1. The molecule has 0 bridgehead atoms. The van der Waals surface area contributed by atoms with Gasteiger partial charge in [0.05, 0.1) is 4.88 Å². The molecule has 0 radical (unpaired) electrons. The number of nitrogens with two attached hydrogens (primary N) is 1. The number of aromatic nitrogens is 3. The van der Waals surface area contributed by atoms with Crippen LogP contribution in [0.4, 0.5) is 5.82 Å². The molecule has 0 saturated carbocycles. The molecule has 4 aromatic rings. The maximum atomic E-state index is 11.4. The zero-order valence-electron chi connectivity index (χ0n) is 13.2. The second kappa shape index (κ2) is 6.37. The van der Waals surface area contributed by atoms with E-state index in [0.29, 0.717) is 11.4 Å². The molecule has 0 atom stereocenters. The van der Waals surface area contributed by atoms with Crippen LogP contribution in [0.25, 0.3) is 21.5 Å². The molecule has 124 valence electrons. The Hall–Kier alpha value is -3.19. The van der Waals surface area contributed by atoms with Crippen LogP contribution in [-0.2, 0) is 6.54 Å². The van der Waals surface area contributed by atoms with Crippen LogP contribution in [0.15, 0.2) is 55.0 Å². The third kappa shape index (κ3) is 3.09. The molecule has 4 aromatic heterocycles. The summed E-state index contributed by atoms with van der Waals surface area (Å²) in [5, 5.41) is 4.33. The predicted octanol–water partition coefficient (Wildman–Crippen LogP) is 3.40. The highest BCUT2D eigenvalue weighted by Gasteiger charge is 2.13. The summed E-state index contributed by atoms with van der Waals surface area (Å²) in [5.41, 5.74) is 8.25. The topological polar surface area (TPSA) is 96.7 Å². The number of primary amides is 1. The van der Waals surface area contributed by atoms with E-state index >= 15 is 0 Å². The van der Waals surface area contributed by atoms with Crippen LogP contribution in [0.1, 0.15) is 15.2 Å². The number of carbonyl (C=O) groups is 1. The minimum atomic E-state index is -0.412. The third-order valence-electron chi connectivity index (χ3n) is 3.84. The number of thiophene rings is 1. The number of hydrogen-bond donors (Lipinski definition) is 3. The molecule has 4 heterocycles. The van der Waals surface area contributed by atoms with Gasteiger partial charge in [0.25, 0.3) is 5.91 Å². The summed E-state index contributed by atoms with van der Waals surface area (Å²) in [5.74, 6) is 0.341. The largest absolute Gasteiger partial charge is 0.366 e. The number of anilines is 1. The van der Waals surface area contributed by atoms with Gasteiger partial charge >= 0.3 is 0 Å². The first-order valence-corrected chi connectivity index (χ1v) is 8.53. The predicted molar refractivity (Wildman–Crippen MR) is 99.5 cm³/mol. The molecule has 0 aliphatic rings. The fraction of sp³-hybridized carbons (Fsp3) is 0.0556. The van der Waals surface area contributed by atoms with Crippen molar-refractivity contribution in [3.8, 4) is 10.4 Å². The average Bonchev–Trinajstić information content (AvgIpc) is 3.29. The fourth-order valence-corrected chi connectivity index (χ4v) is 3.53. The summed E-state index contributed by atoms with van der Waals surface area (Å²) in [6.07, 6.45) is 5.42. The summed E-state index contributed by atoms with van der Waals surface area (Å²) in [6, 6.07) is 11.5. The van der Waals surface area contributed by atoms with Crippen molar-refractivity contribution in [1.82, 2.24) is 15.0 Å². The van der Waals surface area contributed by atoms with Crippen molar-refractivity contribution in [1.29, 1.82) is 0 Å². The molecule has 0 aliphatic carbocycles. The number of fused-ring (bicyclic) bond motifs is 1. The van der Waals surface area contributed by atoms with E-state index < -0.39 is 5.91 Å². The van der Waals surface area contributed by atoms with Gasteiger partial charge in [0, 0.05) is 41.0 Å². The van der Waals surface area contributed by atoms with Crippen LogP contribution >= 0.6 is 11.3 Å². The molecule has 0 aromatic carbocycles. The van der Waals surface area contributed by atoms with Crippen molar-refractivity contribution < 1.29 is 4.79 Å². The number of aromatic amines is 1. The SMILES string of the molecule is NC(=O)c1ccc(-c2cc(NCc3cccnc3)nc3[nH]ccc23)s1. The molecule has 0 aliphatic heterocycles. The van der Waals surface area contributed by atoms with Gasteiger partial charge in [-0.15, -0.1) is 11.3 Å². The van der Waals surface area contributed by atoms with E-state index in [1.807, 2.05) is 42.7 Å². The average molecular weight is 349 g/mol. The highest BCUT2D eigenvalue weighted by molar-refractivity contribution is 7.17. The first-order chi connectivity index (χ1) is 12.2. The van der Waals surface area contributed by atoms with Crippen LogP contribution < -0.4 is 11.1 Å². The molecule has 7 heteroatoms. The van der Waals surface area contributed by atoms with Crippen LogP contribution in [-0.4, -0.2) is 20.9 Å². The van der Waals surface area contributed by atoms with Crippen molar-refractivity contribution in [3.05, 3.63) is 65.4 Å². The Morgan fingerprint density at radius 1 is 1.28 bits per heavy atom. The summed E-state index contributed by atoms with van der Waals surface area (Å²) in [4.78, 5) is 24.8. The van der Waals surface area contributed by atoms with E-state index in [9.17, 15) is 4.79 Å². The number of nitrogens with one attached hydrogen (secondary N) is 2. The second-order valence-corrected chi connectivity index (χ2v) is 6.62. The highest BCUT2D eigenvalue weighted by atomic mass is 32.1. The Morgan fingerprint density at radius 2 is 2.20 bits per heavy atom. The molecular weight excluding hydrogens is 334 g/mol. The second-order valence-electron chi connectivity index (χ2n) is 5.54. The Balaban J connectivity index is 1.70. The number of amides is 1. The Kier molecular flexibility index (Phi) is 3.91. The standard InChI is InChI=1S/C18H15N5OS/c19-17(24)15-4-3-14(25-15)13-8-16(23-18-12(13)5-7-21-18)22-10-11-2-1-6-20-9-11/h1-9H,10H2,(H2,19,24)(H2,21,22,23). The van der Waals surface area contributed by atoms with Gasteiger partial charge in [-0.2, -0.15) is 0 Å². The molecule has 1 amide bonds. The number of nitrogens with zero attached hydrogens (tertiary/aromatic N) is 2. The third-order valence-corrected chi connectivity index (χ3v) is 4.97. The highest BCUT2D eigenvalue weighted by Crippen LogP contribution is 2.34. The molecule has 4 N–H and O–H groups in total. The fourth-order valence-electron chi connectivity index (χ4n) is 2.64. The Bertz CT molecular complexity index is 1040. The maximum Gasteiger partial charge on any atom is 0.258 e. The zero-order chi connectivity index (χ0) is 17.2. The summed E-state index contributed by atoms with van der Waals surface area (Å²) < 4.78 is 0. The van der Waals surface area contributed by atoms with E-state index in [2.05, 4.69) is 20.3 Å². The van der Waals surface area contributed by atoms with Crippen molar-refractivity contribution in [3.63, 3.8) is 0 Å². The Labute approximate surface area is 147 Å². The summed E-state index contributed by atoms with van der Waals surface area (Å²) >= 11 is 1.38. The first-order valence-electron chi connectivity index (χ1n) is 7.71. The lowest BCUT2D eigenvalue weighted by Gasteiger charge is -2.08. The van der Waals surface area contributed by atoms with Crippen LogP contribution in [0.5, 0.6) is 0 Å². The number of carbonyl (C=O) groups excluding carboxylic acids is 1. The van der Waals surface area contributed by atoms with E-state index in [1.165, 1.54) is 11.3 Å². The minimum Gasteiger partial charge on any atom is -0.366 e. The molecule has 4 rings (SSSR count). The first kappa shape index (κ1) is 15.3. The quantitative estimate of drug-likeness (QED) is 0.514. The van der Waals surface area contributed by atoms with E-state index in [-0.39, 0.29) is 0 Å². The van der Waals surface area contributed by atoms with Gasteiger partial charge in [0.1, 0.15) is 11.5 Å². The molecule has 25 heavy (non-hydrogen) atoms. The molecule has 0 spiro atoms. The lowest BCUT2D eigenvalue weighted by Crippen LogP contribution is -2.07. The van der Waals surface area contributed by atoms with Gasteiger partial charge in [-0.05, 0) is 35.9 Å². The molecule has 0 fully saturated rings. The zero-order valence-corrected chi connectivity index (χ0v) is 14.0. The van der Waals surface area contributed by atoms with E-state index in [4.69, 9.17) is 5.73 Å². The van der Waals surface area contributed by atoms with Gasteiger partial charge in [-0.1, -0.05) is 6.07 Å². The number of pyridine rings is 2. The molecular formula is C18H15N5OS. The smallest absolute Gasteiger partial charge is 0.258 e. The number of rotatable bonds is 5. The maximum absolute atomic E-state index is 11.4. The van der Waals surface area contributed by atoms with Crippen molar-refractivity contribution in [2.24, 2.45) is 5.73 Å². The monoisotopic (exact) mass is 349 g/mol. The van der Waals surface area contributed by atoms with E-state index in [1.54, 1.807) is 12.3 Å². The van der Waals surface area contributed by atoms with Crippen molar-refractivity contribution in [2.45, 2.75) is 6.54 Å². The van der Waals surface area contributed by atoms with E-state index in [0.717, 1.165) is 32.9 Å². The minimum absolute atomic E-state index is 0.412. The van der Waals surface area contributed by atoms with Crippen LogP contribution in [0.3, 0.4) is 0 Å². The molecule has 0 unspecified atom stereocenters. The van der Waals surface area contributed by atoms with Crippen molar-refractivity contribution >= 4 is 34.1 Å². The lowest BCUT2D eigenvalue weighted by molar-refractivity contribution is 0.100. The van der Waals surface area contributed by atoms with Gasteiger partial charge in [-0.25, -0.2) is 4.98 Å². The number of hydrogen-bond acceptors (Lipinski definition) is 5. The van der Waals surface area contributed by atoms with Gasteiger partial charge in [0.2, 0.25) is 0 Å².